The van der Waals surface area contributed by atoms with E-state index >= 15 is 0 Å². The highest BCUT2D eigenvalue weighted by Crippen LogP contribution is 2.39. The third-order valence-electron chi connectivity index (χ3n) is 4.01. The molecule has 0 aromatic heterocycles. The number of hydrogen-bond acceptors (Lipinski definition) is 5. The molecule has 3 atom stereocenters. The molecule has 0 spiro atoms. The number of ketones is 1. The van der Waals surface area contributed by atoms with Crippen LogP contribution in [-0.4, -0.2) is 43.4 Å². The molecule has 2 aliphatic heterocycles. The van der Waals surface area contributed by atoms with Crippen molar-refractivity contribution in [2.45, 2.75) is 76.8 Å². The lowest BCUT2D eigenvalue weighted by Gasteiger charge is -2.26. The highest BCUT2D eigenvalue weighted by atomic mass is 28.3. The van der Waals surface area contributed by atoms with Gasteiger partial charge in [0.2, 0.25) is 5.78 Å². The quantitative estimate of drug-likeness (QED) is 0.326. The smallest absolute Gasteiger partial charge is 0.331 e. The molecular weight excluding hydrogens is 348 g/mol. The van der Waals surface area contributed by atoms with Gasteiger partial charge in [0.05, 0.1) is 0 Å². The van der Waals surface area contributed by atoms with Gasteiger partial charge in [-0.25, -0.2) is 4.79 Å². The van der Waals surface area contributed by atoms with Crippen LogP contribution in [-0.2, 0) is 23.8 Å². The first-order chi connectivity index (χ1) is 11.9. The monoisotopic (exact) mass is 376 g/mol. The van der Waals surface area contributed by atoms with Gasteiger partial charge in [0.15, 0.2) is 5.79 Å². The summed E-state index contributed by atoms with van der Waals surface area (Å²) in [4.78, 5) is 23.7. The van der Waals surface area contributed by atoms with Crippen molar-refractivity contribution in [1.29, 1.82) is 0 Å². The number of carbonyl (C=O) groups excluding carboxylic acids is 2. The van der Waals surface area contributed by atoms with Gasteiger partial charge < -0.3 is 14.2 Å². The second-order valence-corrected chi connectivity index (χ2v) is 13.1. The number of cyclic esters (lactones) is 1. The van der Waals surface area contributed by atoms with Gasteiger partial charge >= 0.3 is 5.97 Å². The fourth-order valence-corrected chi connectivity index (χ4v) is 3.41. The first-order valence-electron chi connectivity index (χ1n) is 8.89. The Labute approximate surface area is 156 Å². The minimum absolute atomic E-state index is 0.148. The molecule has 1 fully saturated rings. The largest absolute Gasteiger partial charge is 0.455 e. The van der Waals surface area contributed by atoms with Crippen LogP contribution < -0.4 is 0 Å². The number of carbonyl (C=O) groups is 2. The third kappa shape index (κ3) is 5.94. The Morgan fingerprint density at radius 3 is 2.65 bits per heavy atom. The summed E-state index contributed by atoms with van der Waals surface area (Å²) in [6.07, 6.45) is 6.83. The molecule has 0 bridgehead atoms. The van der Waals surface area contributed by atoms with Crippen LogP contribution in [0.2, 0.25) is 19.6 Å². The summed E-state index contributed by atoms with van der Waals surface area (Å²) in [7, 11) is -1.61. The maximum atomic E-state index is 12.3. The molecule has 142 valence electrons. The van der Waals surface area contributed by atoms with Crippen molar-refractivity contribution in [3.05, 3.63) is 24.3 Å². The summed E-state index contributed by atoms with van der Waals surface area (Å²) in [5.74, 6) is 1.45. The highest BCUT2D eigenvalue weighted by Gasteiger charge is 2.49. The van der Waals surface area contributed by atoms with Crippen LogP contribution in [0.25, 0.3) is 0 Å². The lowest BCUT2D eigenvalue weighted by atomic mass is 9.93. The van der Waals surface area contributed by atoms with Crippen molar-refractivity contribution in [3.8, 4) is 11.5 Å². The number of hydrogen-bond donors (Lipinski definition) is 0. The van der Waals surface area contributed by atoms with Gasteiger partial charge in [-0.3, -0.25) is 4.79 Å². The summed E-state index contributed by atoms with van der Waals surface area (Å²) in [6.45, 7) is 11.8. The van der Waals surface area contributed by atoms with Crippen molar-refractivity contribution < 1.29 is 23.8 Å². The first kappa shape index (κ1) is 20.6. The van der Waals surface area contributed by atoms with Crippen molar-refractivity contribution in [2.75, 3.05) is 0 Å². The van der Waals surface area contributed by atoms with Crippen molar-refractivity contribution in [1.82, 2.24) is 0 Å². The minimum Gasteiger partial charge on any atom is -0.455 e. The molecule has 0 amide bonds. The third-order valence-corrected chi connectivity index (χ3v) is 4.89. The van der Waals surface area contributed by atoms with E-state index in [2.05, 4.69) is 31.1 Å². The van der Waals surface area contributed by atoms with E-state index in [0.717, 1.165) is 0 Å². The number of esters is 1. The zero-order valence-corrected chi connectivity index (χ0v) is 17.4. The molecule has 0 radical (unpaired) electrons. The zero-order valence-electron chi connectivity index (χ0n) is 16.4. The molecular formula is C20H28O5Si. The van der Waals surface area contributed by atoms with E-state index < -0.39 is 25.6 Å². The normalized spacial score (nSPS) is 30.8. The number of Topliss-reactive ketones (excluding diaryl/α,β-unsaturated/α-hetero) is 1. The van der Waals surface area contributed by atoms with Gasteiger partial charge in [-0.2, -0.15) is 0 Å². The van der Waals surface area contributed by atoms with E-state index in [0.29, 0.717) is 6.42 Å². The number of ether oxygens (including phenoxy) is 3. The Morgan fingerprint density at radius 1 is 1.35 bits per heavy atom. The molecule has 6 heteroatoms. The Bertz CT molecular complexity index is 689. The Morgan fingerprint density at radius 2 is 2.04 bits per heavy atom. The van der Waals surface area contributed by atoms with Crippen LogP contribution in [0.1, 0.15) is 33.6 Å². The fourth-order valence-electron chi connectivity index (χ4n) is 2.89. The summed E-state index contributed by atoms with van der Waals surface area (Å²) in [5.41, 5.74) is 2.29. The van der Waals surface area contributed by atoms with Gasteiger partial charge in [0.25, 0.3) is 0 Å². The van der Waals surface area contributed by atoms with Gasteiger partial charge in [-0.05, 0) is 32.8 Å². The molecule has 1 saturated heterocycles. The molecule has 0 unspecified atom stereocenters. The molecule has 0 saturated carbocycles. The molecule has 0 aliphatic carbocycles. The molecule has 26 heavy (non-hydrogen) atoms. The summed E-state index contributed by atoms with van der Waals surface area (Å²) >= 11 is 0. The van der Waals surface area contributed by atoms with Gasteiger partial charge in [0.1, 0.15) is 25.9 Å². The topological polar surface area (TPSA) is 61.8 Å². The summed E-state index contributed by atoms with van der Waals surface area (Å²) in [6, 6.07) is 0. The number of rotatable bonds is 4. The maximum absolute atomic E-state index is 12.3. The van der Waals surface area contributed by atoms with Gasteiger partial charge in [-0.15, -0.1) is 5.54 Å². The lowest BCUT2D eigenvalue weighted by Crippen LogP contribution is -2.36. The van der Waals surface area contributed by atoms with E-state index in [1.54, 1.807) is 12.2 Å². The second-order valence-electron chi connectivity index (χ2n) is 8.39. The average Bonchev–Trinajstić information content (AvgIpc) is 2.72. The van der Waals surface area contributed by atoms with Gasteiger partial charge in [0, 0.05) is 18.9 Å². The van der Waals surface area contributed by atoms with Crippen molar-refractivity contribution in [3.63, 3.8) is 0 Å². The molecule has 2 aliphatic rings. The Kier molecular flexibility index (Phi) is 5.96. The molecule has 2 heterocycles. The van der Waals surface area contributed by atoms with Gasteiger partial charge in [-0.1, -0.05) is 31.8 Å². The molecule has 0 N–H and O–H groups in total. The zero-order chi connectivity index (χ0) is 19.6. The van der Waals surface area contributed by atoms with Crippen LogP contribution in [0.3, 0.4) is 0 Å². The summed E-state index contributed by atoms with van der Waals surface area (Å²) in [5, 5.41) is 0. The fraction of sp³-hybridized carbons (Fsp3) is 0.600. The SMILES string of the molecule is CC1(C)O[C@H](CC(=O)C#C[Si](C)(C)C)[C@](C)(/C=C/[C@H]2CC=CC(=O)O2)O1. The van der Waals surface area contributed by atoms with Crippen molar-refractivity contribution >= 4 is 19.8 Å². The lowest BCUT2D eigenvalue weighted by molar-refractivity contribution is -0.154. The van der Waals surface area contributed by atoms with Crippen LogP contribution in [0, 0.1) is 11.5 Å². The van der Waals surface area contributed by atoms with Crippen LogP contribution in [0.5, 0.6) is 0 Å². The van der Waals surface area contributed by atoms with Crippen LogP contribution >= 0.6 is 0 Å². The minimum atomic E-state index is -1.61. The van der Waals surface area contributed by atoms with E-state index in [1.165, 1.54) is 6.08 Å². The van der Waals surface area contributed by atoms with E-state index in [9.17, 15) is 9.59 Å². The predicted molar refractivity (Wildman–Crippen MR) is 102 cm³/mol. The Balaban J connectivity index is 2.12. The average molecular weight is 377 g/mol. The molecule has 5 nitrogen and oxygen atoms in total. The van der Waals surface area contributed by atoms with Crippen LogP contribution in [0.15, 0.2) is 24.3 Å². The predicted octanol–water partition coefficient (Wildman–Crippen LogP) is 3.16. The Hall–Kier alpha value is -1.68. The molecule has 0 aromatic carbocycles. The molecule has 0 aromatic rings. The summed E-state index contributed by atoms with van der Waals surface area (Å²) < 4.78 is 17.3. The second kappa shape index (κ2) is 7.51. The highest BCUT2D eigenvalue weighted by molar-refractivity contribution is 6.84. The van der Waals surface area contributed by atoms with E-state index in [1.807, 2.05) is 26.8 Å². The van der Waals surface area contributed by atoms with Crippen LogP contribution in [0.4, 0.5) is 0 Å². The maximum Gasteiger partial charge on any atom is 0.331 e. The first-order valence-corrected chi connectivity index (χ1v) is 12.4. The standard InChI is InChI=1S/C20H28O5Si/c1-19(2)24-17(14-15(21)11-13-26(4,5)6)20(3,25-19)12-10-16-8-7-9-18(22)23-16/h7,9-10,12,16-17H,8,14H2,1-6H3/b12-10+/t16-,17-,20+/m1/s1. The molecule has 2 rings (SSSR count). The van der Waals surface area contributed by atoms with E-state index in [-0.39, 0.29) is 24.3 Å². The van der Waals surface area contributed by atoms with Crippen molar-refractivity contribution in [2.24, 2.45) is 0 Å². The van der Waals surface area contributed by atoms with E-state index in [4.69, 9.17) is 14.2 Å².